The summed E-state index contributed by atoms with van der Waals surface area (Å²) in [7, 11) is 0. The Morgan fingerprint density at radius 2 is 2.00 bits per heavy atom. The van der Waals surface area contributed by atoms with Crippen LogP contribution < -0.4 is 0 Å². The molecule has 2 nitrogen and oxygen atoms in total. The Morgan fingerprint density at radius 1 is 1.33 bits per heavy atom. The summed E-state index contributed by atoms with van der Waals surface area (Å²) in [5, 5.41) is 0. The normalized spacial score (nSPS) is 29.2. The predicted octanol–water partition coefficient (Wildman–Crippen LogP) is 3.24. The van der Waals surface area contributed by atoms with E-state index in [2.05, 4.69) is 43.6 Å². The molecule has 0 aromatic rings. The maximum Gasteiger partial charge on any atom is 0.0704 e. The van der Waals surface area contributed by atoms with Crippen molar-refractivity contribution in [2.24, 2.45) is 11.3 Å². The van der Waals surface area contributed by atoms with Gasteiger partial charge in [-0.3, -0.25) is 0 Å². The van der Waals surface area contributed by atoms with Crippen LogP contribution in [0.2, 0.25) is 0 Å². The summed E-state index contributed by atoms with van der Waals surface area (Å²) in [4.78, 5) is 0.603. The fourth-order valence-corrected chi connectivity index (χ4v) is 2.32. The second kappa shape index (κ2) is 5.65. The Morgan fingerprint density at radius 3 is 2.47 bits per heavy atom. The van der Waals surface area contributed by atoms with E-state index in [0.717, 1.165) is 26.2 Å². The van der Waals surface area contributed by atoms with E-state index < -0.39 is 0 Å². The zero-order valence-corrected chi connectivity index (χ0v) is 11.8. The number of hydrogen-bond acceptors (Lipinski definition) is 2. The lowest BCUT2D eigenvalue weighted by molar-refractivity contribution is -0.0994. The van der Waals surface area contributed by atoms with Crippen LogP contribution in [0, 0.1) is 11.3 Å². The second-order valence-electron chi connectivity index (χ2n) is 5.35. The van der Waals surface area contributed by atoms with E-state index in [1.54, 1.807) is 0 Å². The van der Waals surface area contributed by atoms with Crippen LogP contribution in [0.1, 0.15) is 34.1 Å². The average molecular weight is 279 g/mol. The lowest BCUT2D eigenvalue weighted by Gasteiger charge is -2.48. The molecule has 90 valence electrons. The molecule has 0 saturated heterocycles. The molecule has 0 spiro atoms. The highest BCUT2D eigenvalue weighted by Gasteiger charge is 2.47. The SMILES string of the molecule is CC(C)COCCOC1CC(Br)C1(C)C. The molecule has 0 aromatic heterocycles. The van der Waals surface area contributed by atoms with Crippen molar-refractivity contribution in [2.75, 3.05) is 19.8 Å². The summed E-state index contributed by atoms with van der Waals surface area (Å²) in [6.07, 6.45) is 1.52. The van der Waals surface area contributed by atoms with E-state index in [4.69, 9.17) is 9.47 Å². The maximum absolute atomic E-state index is 5.79. The van der Waals surface area contributed by atoms with Crippen LogP contribution >= 0.6 is 15.9 Å². The van der Waals surface area contributed by atoms with Gasteiger partial charge in [0.05, 0.1) is 19.3 Å². The van der Waals surface area contributed by atoms with Crippen molar-refractivity contribution < 1.29 is 9.47 Å². The summed E-state index contributed by atoms with van der Waals surface area (Å²) < 4.78 is 11.3. The van der Waals surface area contributed by atoms with Gasteiger partial charge in [-0.25, -0.2) is 0 Å². The van der Waals surface area contributed by atoms with Crippen molar-refractivity contribution in [3.8, 4) is 0 Å². The van der Waals surface area contributed by atoms with Gasteiger partial charge in [0, 0.05) is 16.8 Å². The molecule has 0 amide bonds. The zero-order valence-electron chi connectivity index (χ0n) is 10.3. The van der Waals surface area contributed by atoms with Crippen LogP contribution in [0.15, 0.2) is 0 Å². The Labute approximate surface area is 102 Å². The third kappa shape index (κ3) is 3.72. The molecule has 2 unspecified atom stereocenters. The molecule has 2 atom stereocenters. The Balaban J connectivity index is 2.02. The van der Waals surface area contributed by atoms with Crippen LogP contribution in [-0.2, 0) is 9.47 Å². The maximum atomic E-state index is 5.79. The molecule has 0 radical (unpaired) electrons. The highest BCUT2D eigenvalue weighted by atomic mass is 79.9. The van der Waals surface area contributed by atoms with E-state index in [1.165, 1.54) is 0 Å². The van der Waals surface area contributed by atoms with E-state index in [1.807, 2.05) is 0 Å². The van der Waals surface area contributed by atoms with Gasteiger partial charge in [-0.05, 0) is 12.3 Å². The molecule has 0 N–H and O–H groups in total. The van der Waals surface area contributed by atoms with Crippen LogP contribution in [0.25, 0.3) is 0 Å². The molecule has 15 heavy (non-hydrogen) atoms. The summed E-state index contributed by atoms with van der Waals surface area (Å²) in [5.41, 5.74) is 0.276. The average Bonchev–Trinajstić information content (AvgIpc) is 2.15. The molecule has 1 aliphatic carbocycles. The minimum Gasteiger partial charge on any atom is -0.379 e. The quantitative estimate of drug-likeness (QED) is 0.549. The van der Waals surface area contributed by atoms with E-state index in [0.29, 0.717) is 16.8 Å². The van der Waals surface area contributed by atoms with Crippen molar-refractivity contribution in [1.82, 2.24) is 0 Å². The highest BCUT2D eigenvalue weighted by molar-refractivity contribution is 9.09. The van der Waals surface area contributed by atoms with Crippen LogP contribution in [0.4, 0.5) is 0 Å². The van der Waals surface area contributed by atoms with Crippen molar-refractivity contribution in [2.45, 2.75) is 45.0 Å². The topological polar surface area (TPSA) is 18.5 Å². The Hall–Kier alpha value is 0.400. The summed E-state index contributed by atoms with van der Waals surface area (Å²) >= 11 is 3.65. The molecule has 1 aliphatic rings. The number of halogens is 1. The summed E-state index contributed by atoms with van der Waals surface area (Å²) in [5.74, 6) is 0.608. The van der Waals surface area contributed by atoms with Crippen molar-refractivity contribution in [3.63, 3.8) is 0 Å². The minimum atomic E-state index is 0.276. The largest absolute Gasteiger partial charge is 0.379 e. The number of ether oxygens (including phenoxy) is 2. The van der Waals surface area contributed by atoms with Gasteiger partial charge < -0.3 is 9.47 Å². The molecule has 0 bridgehead atoms. The van der Waals surface area contributed by atoms with Crippen molar-refractivity contribution >= 4 is 15.9 Å². The van der Waals surface area contributed by atoms with Gasteiger partial charge in [0.1, 0.15) is 0 Å². The monoisotopic (exact) mass is 278 g/mol. The third-order valence-electron chi connectivity index (χ3n) is 3.06. The number of rotatable bonds is 6. The highest BCUT2D eigenvalue weighted by Crippen LogP contribution is 2.47. The minimum absolute atomic E-state index is 0.276. The third-order valence-corrected chi connectivity index (χ3v) is 4.61. The molecule has 0 aromatic carbocycles. The fourth-order valence-electron chi connectivity index (χ4n) is 1.69. The molecular formula is C12H23BrO2. The predicted molar refractivity (Wildman–Crippen MR) is 66.5 cm³/mol. The van der Waals surface area contributed by atoms with Crippen LogP contribution in [0.3, 0.4) is 0 Å². The lowest BCUT2D eigenvalue weighted by atomic mass is 9.69. The molecule has 1 fully saturated rings. The first-order valence-electron chi connectivity index (χ1n) is 5.78. The van der Waals surface area contributed by atoms with E-state index in [9.17, 15) is 0 Å². The van der Waals surface area contributed by atoms with Gasteiger partial charge in [-0.2, -0.15) is 0 Å². The number of alkyl halides is 1. The van der Waals surface area contributed by atoms with Gasteiger partial charge in [-0.1, -0.05) is 43.6 Å². The molecule has 0 heterocycles. The van der Waals surface area contributed by atoms with E-state index in [-0.39, 0.29) is 5.41 Å². The zero-order chi connectivity index (χ0) is 11.5. The first-order chi connectivity index (χ1) is 6.94. The fraction of sp³-hybridized carbons (Fsp3) is 1.00. The van der Waals surface area contributed by atoms with Crippen molar-refractivity contribution in [3.05, 3.63) is 0 Å². The van der Waals surface area contributed by atoms with Gasteiger partial charge in [0.25, 0.3) is 0 Å². The van der Waals surface area contributed by atoms with Crippen LogP contribution in [0.5, 0.6) is 0 Å². The molecular weight excluding hydrogens is 256 g/mol. The summed E-state index contributed by atoms with van der Waals surface area (Å²) in [6, 6.07) is 0. The Kier molecular flexibility index (Phi) is 5.07. The number of hydrogen-bond donors (Lipinski definition) is 0. The summed E-state index contributed by atoms with van der Waals surface area (Å²) in [6.45, 7) is 11.1. The lowest BCUT2D eigenvalue weighted by Crippen LogP contribution is -2.51. The first kappa shape index (κ1) is 13.5. The van der Waals surface area contributed by atoms with Crippen molar-refractivity contribution in [1.29, 1.82) is 0 Å². The molecule has 1 saturated carbocycles. The molecule has 1 rings (SSSR count). The second-order valence-corrected chi connectivity index (χ2v) is 6.46. The smallest absolute Gasteiger partial charge is 0.0704 e. The Bertz CT molecular complexity index is 192. The molecule has 0 aliphatic heterocycles. The van der Waals surface area contributed by atoms with Crippen LogP contribution in [-0.4, -0.2) is 30.8 Å². The van der Waals surface area contributed by atoms with Gasteiger partial charge >= 0.3 is 0 Å². The van der Waals surface area contributed by atoms with Gasteiger partial charge in [-0.15, -0.1) is 0 Å². The first-order valence-corrected chi connectivity index (χ1v) is 6.69. The standard InChI is InChI=1S/C12H23BrO2/c1-9(2)8-14-5-6-15-11-7-10(13)12(11,3)4/h9-11H,5-8H2,1-4H3. The van der Waals surface area contributed by atoms with E-state index >= 15 is 0 Å². The van der Waals surface area contributed by atoms with Gasteiger partial charge in [0.2, 0.25) is 0 Å². The van der Waals surface area contributed by atoms with Gasteiger partial charge in [0.15, 0.2) is 0 Å². The molecule has 3 heteroatoms.